The van der Waals surface area contributed by atoms with Gasteiger partial charge < -0.3 is 10.1 Å². The van der Waals surface area contributed by atoms with Gasteiger partial charge >= 0.3 is 5.97 Å². The fourth-order valence-corrected chi connectivity index (χ4v) is 3.59. The number of hydrogen-bond acceptors (Lipinski definition) is 5. The van der Waals surface area contributed by atoms with E-state index in [0.717, 1.165) is 23.4 Å². The zero-order chi connectivity index (χ0) is 14.7. The lowest BCUT2D eigenvalue weighted by molar-refractivity contribution is -0.141. The van der Waals surface area contributed by atoms with Crippen molar-refractivity contribution in [3.8, 4) is 0 Å². The van der Waals surface area contributed by atoms with Crippen molar-refractivity contribution in [1.29, 1.82) is 0 Å². The predicted octanol–water partition coefficient (Wildman–Crippen LogP) is 3.02. The Balaban J connectivity index is 1.78. The molecule has 1 aliphatic carbocycles. The van der Waals surface area contributed by atoms with Crippen molar-refractivity contribution in [2.45, 2.75) is 31.3 Å². The van der Waals surface area contributed by atoms with Gasteiger partial charge in [-0.1, -0.05) is 12.1 Å². The molecule has 0 saturated heterocycles. The van der Waals surface area contributed by atoms with Crippen molar-refractivity contribution in [3.63, 3.8) is 0 Å². The average molecular weight is 302 g/mol. The summed E-state index contributed by atoms with van der Waals surface area (Å²) in [5, 5.41) is 5.62. The van der Waals surface area contributed by atoms with Crippen LogP contribution in [0, 0.1) is 0 Å². The number of carbonyl (C=O) groups excluding carboxylic acids is 1. The van der Waals surface area contributed by atoms with E-state index in [1.165, 1.54) is 12.7 Å². The molecule has 0 saturated carbocycles. The normalized spacial score (nSPS) is 18.2. The number of rotatable bonds is 5. The summed E-state index contributed by atoms with van der Waals surface area (Å²) in [6.45, 7) is 0. The summed E-state index contributed by atoms with van der Waals surface area (Å²) in [4.78, 5) is 17.3. The number of nitrogens with zero attached hydrogens (tertiary/aromatic N) is 1. The number of aromatic nitrogens is 1. The van der Waals surface area contributed by atoms with Crippen molar-refractivity contribution in [1.82, 2.24) is 10.3 Å². The Morgan fingerprint density at radius 1 is 1.52 bits per heavy atom. The molecule has 4 nitrogen and oxygen atoms in total. The summed E-state index contributed by atoms with van der Waals surface area (Å²) in [5.74, 6) is -0.194. The molecule has 0 bridgehead atoms. The fraction of sp³-hybridized carbons (Fsp3) is 0.375. The Kier molecular flexibility index (Phi) is 4.31. The minimum Gasteiger partial charge on any atom is -0.469 e. The van der Waals surface area contributed by atoms with Gasteiger partial charge in [-0.15, -0.1) is 11.3 Å². The Bertz CT molecular complexity index is 612. The lowest BCUT2D eigenvalue weighted by Crippen LogP contribution is -2.27. The lowest BCUT2D eigenvalue weighted by atomic mass is 10.1. The highest BCUT2D eigenvalue weighted by molar-refractivity contribution is 7.10. The van der Waals surface area contributed by atoms with Crippen LogP contribution in [0.3, 0.4) is 0 Å². The number of fused-ring (bicyclic) bond motifs is 1. The van der Waals surface area contributed by atoms with E-state index in [4.69, 9.17) is 4.74 Å². The summed E-state index contributed by atoms with van der Waals surface area (Å²) < 4.78 is 4.82. The van der Waals surface area contributed by atoms with Gasteiger partial charge in [0.05, 0.1) is 31.3 Å². The molecule has 0 aliphatic heterocycles. The predicted molar refractivity (Wildman–Crippen MR) is 82.1 cm³/mol. The molecule has 0 aromatic carbocycles. The molecular weight excluding hydrogens is 284 g/mol. The van der Waals surface area contributed by atoms with Gasteiger partial charge in [-0.25, -0.2) is 0 Å². The van der Waals surface area contributed by atoms with Crippen molar-refractivity contribution in [3.05, 3.63) is 52.0 Å². The number of carbonyl (C=O) groups is 1. The summed E-state index contributed by atoms with van der Waals surface area (Å²) in [6.07, 6.45) is 4.24. The molecule has 2 heterocycles. The molecule has 0 spiro atoms. The maximum atomic E-state index is 11.7. The van der Waals surface area contributed by atoms with Crippen LogP contribution in [0.1, 0.15) is 41.1 Å². The van der Waals surface area contributed by atoms with E-state index < -0.39 is 0 Å². The molecule has 2 atom stereocenters. The topological polar surface area (TPSA) is 51.2 Å². The SMILES string of the molecule is COC(=O)CC(NC1CCc2cccnc21)c1cccs1. The first-order valence-corrected chi connectivity index (χ1v) is 7.96. The first-order chi connectivity index (χ1) is 10.3. The monoisotopic (exact) mass is 302 g/mol. The van der Waals surface area contributed by atoms with Crippen molar-refractivity contribution in [2.75, 3.05) is 7.11 Å². The zero-order valence-electron chi connectivity index (χ0n) is 11.9. The van der Waals surface area contributed by atoms with E-state index in [0.29, 0.717) is 6.42 Å². The van der Waals surface area contributed by atoms with Crippen molar-refractivity contribution in [2.24, 2.45) is 0 Å². The van der Waals surface area contributed by atoms with Gasteiger partial charge in [0, 0.05) is 11.1 Å². The van der Waals surface area contributed by atoms with Crippen LogP contribution in [0.5, 0.6) is 0 Å². The summed E-state index contributed by atoms with van der Waals surface area (Å²) in [5.41, 5.74) is 2.42. The van der Waals surface area contributed by atoms with Crippen LogP contribution in [-0.2, 0) is 16.0 Å². The Labute approximate surface area is 128 Å². The van der Waals surface area contributed by atoms with Gasteiger partial charge in [0.15, 0.2) is 0 Å². The second kappa shape index (κ2) is 6.37. The van der Waals surface area contributed by atoms with Gasteiger partial charge in [-0.05, 0) is 35.9 Å². The van der Waals surface area contributed by atoms with E-state index in [-0.39, 0.29) is 18.1 Å². The standard InChI is InChI=1S/C16H18N2O2S/c1-20-15(19)10-13(14-5-3-9-21-14)18-12-7-6-11-4-2-8-17-16(11)12/h2-5,8-9,12-13,18H,6-7,10H2,1H3. The maximum Gasteiger partial charge on any atom is 0.307 e. The van der Waals surface area contributed by atoms with Gasteiger partial charge in [-0.3, -0.25) is 9.78 Å². The van der Waals surface area contributed by atoms with Crippen LogP contribution in [0.25, 0.3) is 0 Å². The van der Waals surface area contributed by atoms with E-state index in [1.54, 1.807) is 11.3 Å². The van der Waals surface area contributed by atoms with Crippen LogP contribution >= 0.6 is 11.3 Å². The van der Waals surface area contributed by atoms with Crippen LogP contribution in [-0.4, -0.2) is 18.1 Å². The van der Waals surface area contributed by atoms with E-state index in [1.807, 2.05) is 23.7 Å². The van der Waals surface area contributed by atoms with Gasteiger partial charge in [0.2, 0.25) is 0 Å². The average Bonchev–Trinajstić information content (AvgIpc) is 3.16. The van der Waals surface area contributed by atoms with Crippen molar-refractivity contribution >= 4 is 17.3 Å². The first-order valence-electron chi connectivity index (χ1n) is 7.08. The molecule has 0 fully saturated rings. The molecule has 3 rings (SSSR count). The first kappa shape index (κ1) is 14.2. The Morgan fingerprint density at radius 2 is 2.43 bits per heavy atom. The molecule has 2 unspecified atom stereocenters. The quantitative estimate of drug-likeness (QED) is 0.863. The van der Waals surface area contributed by atoms with E-state index >= 15 is 0 Å². The van der Waals surface area contributed by atoms with E-state index in [2.05, 4.69) is 22.4 Å². The molecule has 1 N–H and O–H groups in total. The molecule has 2 aromatic rings. The van der Waals surface area contributed by atoms with Crippen LogP contribution in [0.2, 0.25) is 0 Å². The van der Waals surface area contributed by atoms with Crippen molar-refractivity contribution < 1.29 is 9.53 Å². The molecule has 2 aromatic heterocycles. The number of methoxy groups -OCH3 is 1. The second-order valence-corrected chi connectivity index (χ2v) is 6.13. The molecular formula is C16H18N2O2S. The number of aryl methyl sites for hydroxylation is 1. The molecule has 0 amide bonds. The number of ether oxygens (including phenoxy) is 1. The molecule has 0 radical (unpaired) electrons. The minimum atomic E-state index is -0.194. The van der Waals surface area contributed by atoms with Crippen LogP contribution < -0.4 is 5.32 Å². The number of pyridine rings is 1. The Hall–Kier alpha value is -1.72. The highest BCUT2D eigenvalue weighted by Gasteiger charge is 2.28. The molecule has 5 heteroatoms. The number of thiophene rings is 1. The molecule has 1 aliphatic rings. The van der Waals surface area contributed by atoms with Gasteiger partial charge in [-0.2, -0.15) is 0 Å². The third-order valence-electron chi connectivity index (χ3n) is 3.85. The van der Waals surface area contributed by atoms with Crippen LogP contribution in [0.15, 0.2) is 35.8 Å². The zero-order valence-corrected chi connectivity index (χ0v) is 12.7. The van der Waals surface area contributed by atoms with Crippen LogP contribution in [0.4, 0.5) is 0 Å². The second-order valence-electron chi connectivity index (χ2n) is 5.15. The smallest absolute Gasteiger partial charge is 0.307 e. The summed E-state index contributed by atoms with van der Waals surface area (Å²) in [7, 11) is 1.43. The molecule has 110 valence electrons. The highest BCUT2D eigenvalue weighted by Crippen LogP contribution is 2.33. The summed E-state index contributed by atoms with van der Waals surface area (Å²) >= 11 is 1.66. The minimum absolute atomic E-state index is 0.0181. The largest absolute Gasteiger partial charge is 0.469 e. The summed E-state index contributed by atoms with van der Waals surface area (Å²) in [6, 6.07) is 8.36. The maximum absolute atomic E-state index is 11.7. The fourth-order valence-electron chi connectivity index (χ4n) is 2.80. The highest BCUT2D eigenvalue weighted by atomic mass is 32.1. The third-order valence-corrected chi connectivity index (χ3v) is 4.83. The number of nitrogens with one attached hydrogen (secondary N) is 1. The molecule has 21 heavy (non-hydrogen) atoms. The lowest BCUT2D eigenvalue weighted by Gasteiger charge is -2.21. The third kappa shape index (κ3) is 3.14. The van der Waals surface area contributed by atoms with E-state index in [9.17, 15) is 4.79 Å². The number of esters is 1. The Morgan fingerprint density at radius 3 is 3.19 bits per heavy atom. The number of hydrogen-bond donors (Lipinski definition) is 1. The van der Waals surface area contributed by atoms with Gasteiger partial charge in [0.1, 0.15) is 0 Å². The van der Waals surface area contributed by atoms with Gasteiger partial charge in [0.25, 0.3) is 0 Å².